The van der Waals surface area contributed by atoms with Crippen molar-refractivity contribution in [2.45, 2.75) is 39.0 Å². The molecule has 20 heavy (non-hydrogen) atoms. The quantitative estimate of drug-likeness (QED) is 0.633. The van der Waals surface area contributed by atoms with Crippen LogP contribution in [0.3, 0.4) is 0 Å². The van der Waals surface area contributed by atoms with Gasteiger partial charge in [-0.25, -0.2) is 4.98 Å². The molecule has 1 fully saturated rings. The molecule has 0 bridgehead atoms. The summed E-state index contributed by atoms with van der Waals surface area (Å²) in [6.45, 7) is 2.96. The summed E-state index contributed by atoms with van der Waals surface area (Å²) in [5, 5.41) is 13.9. The molecule has 0 aromatic carbocycles. The molecule has 1 saturated carbocycles. The van der Waals surface area contributed by atoms with Gasteiger partial charge in [0, 0.05) is 6.54 Å². The fourth-order valence-electron chi connectivity index (χ4n) is 2.87. The van der Waals surface area contributed by atoms with Gasteiger partial charge in [-0.05, 0) is 24.7 Å². The number of hydrogen-bond donors (Lipinski definition) is 2. The fourth-order valence-corrected chi connectivity index (χ4v) is 2.87. The van der Waals surface area contributed by atoms with Gasteiger partial charge in [0.1, 0.15) is 6.20 Å². The summed E-state index contributed by atoms with van der Waals surface area (Å²) < 4.78 is 0. The molecule has 1 aliphatic rings. The summed E-state index contributed by atoms with van der Waals surface area (Å²) in [4.78, 5) is 17.9. The maximum Gasteiger partial charge on any atom is 0.329 e. The minimum Gasteiger partial charge on any atom is -0.368 e. The van der Waals surface area contributed by atoms with Gasteiger partial charge in [0.2, 0.25) is 11.8 Å². The molecular formula is C13H21N5O2. The lowest BCUT2D eigenvalue weighted by Gasteiger charge is -2.26. The van der Waals surface area contributed by atoms with E-state index in [0.717, 1.165) is 18.5 Å². The van der Waals surface area contributed by atoms with Crippen molar-refractivity contribution in [3.63, 3.8) is 0 Å². The molecule has 1 aromatic heterocycles. The molecule has 7 nitrogen and oxygen atoms in total. The second kappa shape index (κ2) is 6.49. The van der Waals surface area contributed by atoms with Gasteiger partial charge in [-0.3, -0.25) is 10.1 Å². The minimum atomic E-state index is -0.496. The Morgan fingerprint density at radius 1 is 1.55 bits per heavy atom. The topological polar surface area (TPSA) is 107 Å². The van der Waals surface area contributed by atoms with Crippen LogP contribution in [0.15, 0.2) is 6.20 Å². The number of nitro groups is 1. The van der Waals surface area contributed by atoms with Gasteiger partial charge in [-0.15, -0.1) is 0 Å². The summed E-state index contributed by atoms with van der Waals surface area (Å²) >= 11 is 0. The first-order valence-corrected chi connectivity index (χ1v) is 7.07. The Balaban J connectivity index is 1.90. The molecular weight excluding hydrogens is 258 g/mol. The Labute approximate surface area is 118 Å². The Kier molecular flexibility index (Phi) is 4.70. The van der Waals surface area contributed by atoms with Gasteiger partial charge in [-0.2, -0.15) is 4.98 Å². The van der Waals surface area contributed by atoms with E-state index in [0.29, 0.717) is 12.5 Å². The highest BCUT2D eigenvalue weighted by atomic mass is 16.6. The molecule has 2 atom stereocenters. The minimum absolute atomic E-state index is 0.0457. The molecule has 7 heteroatoms. The fraction of sp³-hybridized carbons (Fsp3) is 0.692. The zero-order valence-electron chi connectivity index (χ0n) is 11.7. The molecule has 0 spiro atoms. The predicted octanol–water partition coefficient (Wildman–Crippen LogP) is 2.60. The van der Waals surface area contributed by atoms with Crippen LogP contribution >= 0.6 is 0 Å². The Morgan fingerprint density at radius 3 is 3.05 bits per heavy atom. The lowest BCUT2D eigenvalue weighted by Crippen LogP contribution is -2.17. The van der Waals surface area contributed by atoms with Crippen molar-refractivity contribution < 1.29 is 4.92 Å². The van der Waals surface area contributed by atoms with E-state index in [2.05, 4.69) is 22.2 Å². The Morgan fingerprint density at radius 2 is 2.35 bits per heavy atom. The van der Waals surface area contributed by atoms with E-state index in [1.54, 1.807) is 0 Å². The molecule has 0 amide bonds. The third kappa shape index (κ3) is 3.79. The average Bonchev–Trinajstić information content (AvgIpc) is 2.38. The molecule has 110 valence electrons. The zero-order valence-corrected chi connectivity index (χ0v) is 11.7. The number of nitrogen functional groups attached to an aromatic ring is 1. The van der Waals surface area contributed by atoms with Crippen LogP contribution in [-0.2, 0) is 0 Å². The Hall–Kier alpha value is -1.92. The number of nitrogens with one attached hydrogen (secondary N) is 1. The van der Waals surface area contributed by atoms with E-state index in [1.165, 1.54) is 25.7 Å². The summed E-state index contributed by atoms with van der Waals surface area (Å²) in [6, 6.07) is 0. The lowest BCUT2D eigenvalue weighted by molar-refractivity contribution is -0.384. The molecule has 0 aliphatic heterocycles. The summed E-state index contributed by atoms with van der Waals surface area (Å²) in [5.74, 6) is 1.75. The first-order valence-electron chi connectivity index (χ1n) is 7.07. The van der Waals surface area contributed by atoms with Crippen LogP contribution in [0.25, 0.3) is 0 Å². The van der Waals surface area contributed by atoms with Crippen molar-refractivity contribution >= 4 is 17.5 Å². The van der Waals surface area contributed by atoms with E-state index in [4.69, 9.17) is 5.73 Å². The van der Waals surface area contributed by atoms with E-state index in [1.807, 2.05) is 0 Å². The number of hydrogen-bond acceptors (Lipinski definition) is 6. The molecule has 3 N–H and O–H groups in total. The van der Waals surface area contributed by atoms with E-state index < -0.39 is 4.92 Å². The van der Waals surface area contributed by atoms with Crippen LogP contribution in [0, 0.1) is 22.0 Å². The van der Waals surface area contributed by atoms with Crippen LogP contribution < -0.4 is 11.1 Å². The first kappa shape index (κ1) is 14.5. The van der Waals surface area contributed by atoms with Gasteiger partial charge in [-0.1, -0.05) is 26.2 Å². The largest absolute Gasteiger partial charge is 0.368 e. The average molecular weight is 279 g/mol. The highest BCUT2D eigenvalue weighted by Gasteiger charge is 2.20. The van der Waals surface area contributed by atoms with E-state index in [9.17, 15) is 10.1 Å². The molecule has 2 rings (SSSR count). The maximum atomic E-state index is 10.9. The normalized spacial score (nSPS) is 22.4. The van der Waals surface area contributed by atoms with Crippen LogP contribution in [0.1, 0.15) is 39.0 Å². The second-order valence-electron chi connectivity index (χ2n) is 5.57. The van der Waals surface area contributed by atoms with Crippen LogP contribution in [0.2, 0.25) is 0 Å². The van der Waals surface area contributed by atoms with Gasteiger partial charge in [0.05, 0.1) is 4.92 Å². The number of anilines is 2. The lowest BCUT2D eigenvalue weighted by atomic mass is 9.81. The van der Waals surface area contributed by atoms with E-state index in [-0.39, 0.29) is 17.5 Å². The molecule has 0 radical (unpaired) electrons. The summed E-state index contributed by atoms with van der Waals surface area (Å²) in [7, 11) is 0. The molecule has 2 unspecified atom stereocenters. The number of rotatable bonds is 5. The number of nitrogens with zero attached hydrogens (tertiary/aromatic N) is 3. The predicted molar refractivity (Wildman–Crippen MR) is 77.3 cm³/mol. The van der Waals surface area contributed by atoms with Crippen molar-refractivity contribution in [1.29, 1.82) is 0 Å². The molecule has 1 heterocycles. The van der Waals surface area contributed by atoms with Gasteiger partial charge in [0.15, 0.2) is 0 Å². The van der Waals surface area contributed by atoms with Gasteiger partial charge in [0.25, 0.3) is 0 Å². The third-order valence-electron chi connectivity index (χ3n) is 3.87. The van der Waals surface area contributed by atoms with Crippen molar-refractivity contribution in [3.8, 4) is 0 Å². The first-order chi connectivity index (χ1) is 9.56. The van der Waals surface area contributed by atoms with Crippen LogP contribution in [-0.4, -0.2) is 21.4 Å². The van der Waals surface area contributed by atoms with Gasteiger partial charge < -0.3 is 11.1 Å². The number of nitrogens with two attached hydrogens (primary N) is 1. The summed E-state index contributed by atoms with van der Waals surface area (Å²) in [5.41, 5.74) is 5.35. The van der Waals surface area contributed by atoms with Crippen molar-refractivity contribution in [1.82, 2.24) is 9.97 Å². The zero-order chi connectivity index (χ0) is 14.5. The highest BCUT2D eigenvalue weighted by molar-refractivity contribution is 5.56. The van der Waals surface area contributed by atoms with E-state index >= 15 is 0 Å². The monoisotopic (exact) mass is 279 g/mol. The molecule has 1 aliphatic carbocycles. The van der Waals surface area contributed by atoms with Crippen molar-refractivity contribution in [2.24, 2.45) is 11.8 Å². The molecule has 1 aromatic rings. The van der Waals surface area contributed by atoms with Crippen LogP contribution in [0.5, 0.6) is 0 Å². The Bertz CT molecular complexity index is 480. The van der Waals surface area contributed by atoms with Crippen molar-refractivity contribution in [2.75, 3.05) is 17.6 Å². The highest BCUT2D eigenvalue weighted by Crippen LogP contribution is 2.30. The van der Waals surface area contributed by atoms with Crippen LogP contribution in [0.4, 0.5) is 17.5 Å². The number of aromatic nitrogens is 2. The SMILES string of the molecule is CC1CCCC(CCNc2nc(N)ncc2[N+](=O)[O-])C1. The summed E-state index contributed by atoms with van der Waals surface area (Å²) in [6.07, 6.45) is 7.25. The maximum absolute atomic E-state index is 10.9. The second-order valence-corrected chi connectivity index (χ2v) is 5.57. The molecule has 0 saturated heterocycles. The van der Waals surface area contributed by atoms with Crippen molar-refractivity contribution in [3.05, 3.63) is 16.3 Å². The smallest absolute Gasteiger partial charge is 0.329 e. The van der Waals surface area contributed by atoms with Gasteiger partial charge >= 0.3 is 5.69 Å². The standard InChI is InChI=1S/C13H21N5O2/c1-9-3-2-4-10(7-9)5-6-15-12-11(18(19)20)8-16-13(14)17-12/h8-10H,2-7H2,1H3,(H3,14,15,16,17). The third-order valence-corrected chi connectivity index (χ3v) is 3.87.